The van der Waals surface area contributed by atoms with Gasteiger partial charge in [-0.3, -0.25) is 4.79 Å². The fraction of sp³-hybridized carbons (Fsp3) is 0.909. The molecule has 1 saturated heterocycles. The number of hydrogen-bond acceptors (Lipinski definition) is 2. The molecule has 1 rings (SSSR count). The van der Waals surface area contributed by atoms with Crippen LogP contribution in [0.5, 0.6) is 0 Å². The number of esters is 1. The van der Waals surface area contributed by atoms with Crippen LogP contribution in [0.3, 0.4) is 0 Å². The van der Waals surface area contributed by atoms with Crippen molar-refractivity contribution < 1.29 is 14.8 Å². The van der Waals surface area contributed by atoms with Gasteiger partial charge in [0, 0.05) is 18.8 Å². The summed E-state index contributed by atoms with van der Waals surface area (Å²) < 4.78 is 5.52. The summed E-state index contributed by atoms with van der Waals surface area (Å²) in [6.45, 7) is 8.27. The Morgan fingerprint density at radius 2 is 2.00 bits per heavy atom. The summed E-state index contributed by atoms with van der Waals surface area (Å²) in [4.78, 5) is 11.6. The highest BCUT2D eigenvalue weighted by atomic mass is 127. The zero-order valence-electron chi connectivity index (χ0n) is 9.75. The first-order valence-electron chi connectivity index (χ1n) is 5.62. The first-order valence-corrected chi connectivity index (χ1v) is 6.86. The average Bonchev–Trinajstić information content (AvgIpc) is 2.18. The number of ether oxygens (including phenoxy) is 1. The molecule has 1 heterocycles. The van der Waals surface area contributed by atoms with Crippen LogP contribution < -0.4 is 5.32 Å². The Kier molecular flexibility index (Phi) is 4.83. The molecule has 1 fully saturated rings. The first kappa shape index (κ1) is 13.2. The smallest absolute Gasteiger partial charge is 0.319 e. The predicted octanol–water partition coefficient (Wildman–Crippen LogP) is 1.11. The second kappa shape index (κ2) is 5.48. The van der Waals surface area contributed by atoms with Gasteiger partial charge in [-0.2, -0.15) is 0 Å². The van der Waals surface area contributed by atoms with Crippen LogP contribution in [0.4, 0.5) is 0 Å². The molecule has 1 unspecified atom stereocenters. The fourth-order valence-corrected chi connectivity index (χ4v) is 2.17. The molecule has 0 spiro atoms. The maximum atomic E-state index is 11.6. The highest BCUT2D eigenvalue weighted by molar-refractivity contribution is 14.1. The van der Waals surface area contributed by atoms with Crippen LogP contribution in [0.2, 0.25) is 0 Å². The van der Waals surface area contributed by atoms with E-state index in [1.807, 2.05) is 20.8 Å². The van der Waals surface area contributed by atoms with Gasteiger partial charge < -0.3 is 10.1 Å². The van der Waals surface area contributed by atoms with Crippen molar-refractivity contribution in [3.63, 3.8) is 0 Å². The SMILES string of the molecule is CC(I)C(=O)OC(C)(C)C1CC[NH2+]CC1. The normalized spacial score (nSPS) is 21.1. The van der Waals surface area contributed by atoms with E-state index in [0.717, 1.165) is 25.9 Å². The first-order chi connectivity index (χ1) is 6.93. The number of hydrogen-bond donors (Lipinski definition) is 1. The largest absolute Gasteiger partial charge is 0.459 e. The maximum absolute atomic E-state index is 11.6. The third-order valence-corrected chi connectivity index (χ3v) is 3.62. The van der Waals surface area contributed by atoms with Crippen molar-refractivity contribution in [3.05, 3.63) is 0 Å². The number of nitrogens with two attached hydrogens (primary N) is 1. The van der Waals surface area contributed by atoms with Crippen LogP contribution >= 0.6 is 22.6 Å². The fourth-order valence-electron chi connectivity index (χ4n) is 2.05. The van der Waals surface area contributed by atoms with Crippen molar-refractivity contribution in [2.24, 2.45) is 5.92 Å². The Morgan fingerprint density at radius 1 is 1.47 bits per heavy atom. The van der Waals surface area contributed by atoms with E-state index >= 15 is 0 Å². The Balaban J connectivity index is 2.52. The lowest BCUT2D eigenvalue weighted by molar-refractivity contribution is -0.665. The van der Waals surface area contributed by atoms with E-state index in [2.05, 4.69) is 27.9 Å². The lowest BCUT2D eigenvalue weighted by Crippen LogP contribution is -2.86. The van der Waals surface area contributed by atoms with Gasteiger partial charge in [-0.05, 0) is 20.8 Å². The lowest BCUT2D eigenvalue weighted by atomic mass is 9.83. The second-order valence-corrected chi connectivity index (χ2v) is 6.65. The van der Waals surface area contributed by atoms with Gasteiger partial charge in [0.1, 0.15) is 9.53 Å². The standard InChI is InChI=1S/C11H20INO2/c1-8(12)10(14)15-11(2,3)9-4-6-13-7-5-9/h8-9,13H,4-7H2,1-3H3/p+1. The summed E-state index contributed by atoms with van der Waals surface area (Å²) in [5, 5.41) is 2.33. The molecule has 15 heavy (non-hydrogen) atoms. The predicted molar refractivity (Wildman–Crippen MR) is 68.0 cm³/mol. The molecule has 1 aliphatic rings. The minimum atomic E-state index is -0.301. The Bertz CT molecular complexity index is 223. The number of carbonyl (C=O) groups is 1. The van der Waals surface area contributed by atoms with E-state index in [4.69, 9.17) is 4.74 Å². The van der Waals surface area contributed by atoms with Crippen LogP contribution in [0, 0.1) is 5.92 Å². The van der Waals surface area contributed by atoms with Gasteiger partial charge in [-0.15, -0.1) is 0 Å². The van der Waals surface area contributed by atoms with Crippen molar-refractivity contribution >= 4 is 28.6 Å². The van der Waals surface area contributed by atoms with Crippen LogP contribution in [-0.2, 0) is 9.53 Å². The number of quaternary nitrogens is 1. The highest BCUT2D eigenvalue weighted by Crippen LogP contribution is 2.28. The molecule has 3 nitrogen and oxygen atoms in total. The second-order valence-electron chi connectivity index (χ2n) is 4.78. The van der Waals surface area contributed by atoms with Crippen molar-refractivity contribution in [2.75, 3.05) is 13.1 Å². The topological polar surface area (TPSA) is 42.9 Å². The maximum Gasteiger partial charge on any atom is 0.319 e. The minimum absolute atomic E-state index is 0.0583. The van der Waals surface area contributed by atoms with Gasteiger partial charge in [-0.25, -0.2) is 0 Å². The summed E-state index contributed by atoms with van der Waals surface area (Å²) in [6.07, 6.45) is 2.30. The Hall–Kier alpha value is 0.160. The van der Waals surface area contributed by atoms with Crippen LogP contribution in [0.15, 0.2) is 0 Å². The van der Waals surface area contributed by atoms with E-state index < -0.39 is 0 Å². The van der Waals surface area contributed by atoms with Crippen molar-refractivity contribution in [3.8, 4) is 0 Å². The average molecular weight is 326 g/mol. The molecule has 1 aliphatic heterocycles. The van der Waals surface area contributed by atoms with Gasteiger partial charge in [0.15, 0.2) is 0 Å². The molecular weight excluding hydrogens is 305 g/mol. The molecule has 88 valence electrons. The van der Waals surface area contributed by atoms with Crippen LogP contribution in [-0.4, -0.2) is 28.6 Å². The van der Waals surface area contributed by atoms with Crippen molar-refractivity contribution in [2.45, 2.75) is 43.1 Å². The van der Waals surface area contributed by atoms with Gasteiger partial charge in [0.2, 0.25) is 0 Å². The molecule has 0 aromatic heterocycles. The minimum Gasteiger partial charge on any atom is -0.459 e. The molecule has 0 amide bonds. The highest BCUT2D eigenvalue weighted by Gasteiger charge is 2.35. The van der Waals surface area contributed by atoms with Gasteiger partial charge >= 0.3 is 5.97 Å². The third-order valence-electron chi connectivity index (χ3n) is 3.11. The quantitative estimate of drug-likeness (QED) is 0.480. The van der Waals surface area contributed by atoms with E-state index in [9.17, 15) is 4.79 Å². The summed E-state index contributed by atoms with van der Waals surface area (Å²) >= 11 is 2.10. The molecule has 4 heteroatoms. The van der Waals surface area contributed by atoms with Gasteiger partial charge in [-0.1, -0.05) is 22.6 Å². The molecule has 0 aromatic rings. The molecule has 0 bridgehead atoms. The molecule has 0 aliphatic carbocycles. The van der Waals surface area contributed by atoms with Crippen molar-refractivity contribution in [1.82, 2.24) is 0 Å². The van der Waals surface area contributed by atoms with Crippen LogP contribution in [0.1, 0.15) is 33.6 Å². The van der Waals surface area contributed by atoms with E-state index in [1.165, 1.54) is 0 Å². The number of alkyl halides is 1. The monoisotopic (exact) mass is 326 g/mol. The summed E-state index contributed by atoms with van der Waals surface area (Å²) in [6, 6.07) is 0. The number of piperidine rings is 1. The number of halogens is 1. The molecule has 2 N–H and O–H groups in total. The number of carbonyl (C=O) groups excluding carboxylic acids is 1. The number of rotatable bonds is 3. The molecule has 1 atom stereocenters. The summed E-state index contributed by atoms with van der Waals surface area (Å²) in [5.74, 6) is 0.428. The van der Waals surface area contributed by atoms with E-state index in [0.29, 0.717) is 5.92 Å². The summed E-state index contributed by atoms with van der Waals surface area (Å²) in [7, 11) is 0. The molecular formula is C11H21INO2+. The molecule has 0 aromatic carbocycles. The lowest BCUT2D eigenvalue weighted by Gasteiger charge is -2.35. The molecule has 0 saturated carbocycles. The van der Waals surface area contributed by atoms with E-state index in [-0.39, 0.29) is 15.5 Å². The third kappa shape index (κ3) is 3.90. The van der Waals surface area contributed by atoms with Crippen LogP contribution in [0.25, 0.3) is 0 Å². The Labute approximate surface area is 105 Å². The summed E-state index contributed by atoms with van der Waals surface area (Å²) in [5.41, 5.74) is -0.301. The van der Waals surface area contributed by atoms with E-state index in [1.54, 1.807) is 0 Å². The van der Waals surface area contributed by atoms with Crippen molar-refractivity contribution in [1.29, 1.82) is 0 Å². The zero-order chi connectivity index (χ0) is 11.5. The van der Waals surface area contributed by atoms with Gasteiger partial charge in [0.25, 0.3) is 0 Å². The Morgan fingerprint density at radius 3 is 2.47 bits per heavy atom. The zero-order valence-corrected chi connectivity index (χ0v) is 11.9. The van der Waals surface area contributed by atoms with Gasteiger partial charge in [0.05, 0.1) is 13.1 Å². The molecule has 0 radical (unpaired) electrons.